The van der Waals surface area contributed by atoms with Crippen molar-refractivity contribution in [2.24, 2.45) is 10.8 Å². The Kier molecular flexibility index (Phi) is 3.89. The van der Waals surface area contributed by atoms with E-state index in [1.165, 1.54) is 16.7 Å². The van der Waals surface area contributed by atoms with Crippen LogP contribution in [0.3, 0.4) is 0 Å². The van der Waals surface area contributed by atoms with Crippen LogP contribution in [0.2, 0.25) is 0 Å². The van der Waals surface area contributed by atoms with E-state index in [1.54, 1.807) is 29.1 Å². The molecule has 0 radical (unpaired) electrons. The predicted octanol–water partition coefficient (Wildman–Crippen LogP) is 0.254. The molecular weight excluding hydrogens is 332 g/mol. The highest BCUT2D eigenvalue weighted by Gasteiger charge is 2.51. The van der Waals surface area contributed by atoms with Crippen LogP contribution in [-0.2, 0) is 9.59 Å². The van der Waals surface area contributed by atoms with Gasteiger partial charge in [0.1, 0.15) is 21.3 Å². The highest BCUT2D eigenvalue weighted by molar-refractivity contribution is 8.25. The summed E-state index contributed by atoms with van der Waals surface area (Å²) in [6, 6.07) is -0.587. The quantitative estimate of drug-likeness (QED) is 0.622. The second kappa shape index (κ2) is 5.41. The zero-order chi connectivity index (χ0) is 15.2. The molecule has 0 bridgehead atoms. The second-order valence-electron chi connectivity index (χ2n) is 4.89. The summed E-state index contributed by atoms with van der Waals surface area (Å²) in [5.74, 6) is -0.266. The van der Waals surface area contributed by atoms with Gasteiger partial charge in [-0.25, -0.2) is 4.79 Å². The van der Waals surface area contributed by atoms with Crippen LogP contribution in [0.15, 0.2) is 16.4 Å². The number of carbonyl (C=O) groups is 2. The van der Waals surface area contributed by atoms with Gasteiger partial charge in [0, 0.05) is 11.5 Å². The standard InChI is InChI=1S/C11H14N4O3S3/c1-11(14-13-4-21-11)20-3-5-2-19-9-6(12)8(16)15(9)7(5)10(17)18/h4,6,9,14H,2-3,12H2,1H3,(H,17,18)/t6?,9-,11?/m1/s1. The van der Waals surface area contributed by atoms with Crippen LogP contribution in [0.5, 0.6) is 0 Å². The van der Waals surface area contributed by atoms with Crippen molar-refractivity contribution in [1.29, 1.82) is 0 Å². The summed E-state index contributed by atoms with van der Waals surface area (Å²) in [4.78, 5) is 24.7. The van der Waals surface area contributed by atoms with Gasteiger partial charge in [0.15, 0.2) is 0 Å². The van der Waals surface area contributed by atoms with Crippen LogP contribution >= 0.6 is 35.3 Å². The minimum absolute atomic E-state index is 0.102. The lowest BCUT2D eigenvalue weighted by Crippen LogP contribution is -2.68. The monoisotopic (exact) mass is 346 g/mol. The Morgan fingerprint density at radius 3 is 3.14 bits per heavy atom. The Labute approximate surface area is 134 Å². The van der Waals surface area contributed by atoms with Crippen molar-refractivity contribution < 1.29 is 14.7 Å². The van der Waals surface area contributed by atoms with Crippen molar-refractivity contribution in [3.05, 3.63) is 11.3 Å². The van der Waals surface area contributed by atoms with Gasteiger partial charge in [-0.15, -0.1) is 23.5 Å². The zero-order valence-electron chi connectivity index (χ0n) is 11.1. The molecule has 3 atom stereocenters. The minimum atomic E-state index is -1.07. The highest BCUT2D eigenvalue weighted by atomic mass is 32.2. The molecule has 0 aromatic heterocycles. The van der Waals surface area contributed by atoms with Crippen LogP contribution in [-0.4, -0.2) is 54.6 Å². The zero-order valence-corrected chi connectivity index (χ0v) is 13.6. The van der Waals surface area contributed by atoms with Gasteiger partial charge in [-0.1, -0.05) is 11.8 Å². The van der Waals surface area contributed by atoms with E-state index in [4.69, 9.17) is 5.73 Å². The maximum Gasteiger partial charge on any atom is 0.352 e. The highest BCUT2D eigenvalue weighted by Crippen LogP contribution is 2.43. The number of aliphatic carboxylic acids is 1. The van der Waals surface area contributed by atoms with E-state index in [9.17, 15) is 14.7 Å². The number of carboxylic acids is 1. The van der Waals surface area contributed by atoms with Crippen molar-refractivity contribution in [1.82, 2.24) is 10.3 Å². The fraction of sp³-hybridized carbons (Fsp3) is 0.545. The Morgan fingerprint density at radius 2 is 2.52 bits per heavy atom. The maximum absolute atomic E-state index is 11.8. The molecule has 1 fully saturated rings. The first-order valence-electron chi connectivity index (χ1n) is 6.19. The van der Waals surface area contributed by atoms with Gasteiger partial charge in [0.25, 0.3) is 0 Å². The minimum Gasteiger partial charge on any atom is -0.477 e. The molecule has 0 saturated carbocycles. The van der Waals surface area contributed by atoms with E-state index in [0.717, 1.165) is 5.57 Å². The fourth-order valence-electron chi connectivity index (χ4n) is 2.28. The molecule has 0 spiro atoms. The van der Waals surface area contributed by atoms with Crippen LogP contribution in [0.4, 0.5) is 0 Å². The number of carboxylic acid groups (broad SMARTS) is 1. The van der Waals surface area contributed by atoms with Crippen LogP contribution in [0, 0.1) is 0 Å². The number of rotatable bonds is 4. The van der Waals surface area contributed by atoms with Gasteiger partial charge in [0.2, 0.25) is 5.91 Å². The average Bonchev–Trinajstić information content (AvgIpc) is 2.90. The molecule has 3 heterocycles. The van der Waals surface area contributed by atoms with E-state index in [0.29, 0.717) is 11.5 Å². The smallest absolute Gasteiger partial charge is 0.352 e. The number of amides is 1. The molecule has 0 aliphatic carbocycles. The van der Waals surface area contributed by atoms with E-state index < -0.39 is 12.0 Å². The number of nitrogens with one attached hydrogen (secondary N) is 1. The van der Waals surface area contributed by atoms with E-state index in [-0.39, 0.29) is 21.2 Å². The maximum atomic E-state index is 11.8. The summed E-state index contributed by atoms with van der Waals surface area (Å²) >= 11 is 4.63. The van der Waals surface area contributed by atoms with Gasteiger partial charge < -0.3 is 10.8 Å². The van der Waals surface area contributed by atoms with Gasteiger partial charge >= 0.3 is 5.97 Å². The predicted molar refractivity (Wildman–Crippen MR) is 85.8 cm³/mol. The lowest BCUT2D eigenvalue weighted by molar-refractivity contribution is -0.147. The third-order valence-corrected chi connectivity index (χ3v) is 7.30. The second-order valence-corrected chi connectivity index (χ2v) is 8.91. The SMILES string of the molecule is CC1(SCC2=C(C(=O)O)N3C(=O)C(N)[C@H]3SC2)NN=CS1. The van der Waals surface area contributed by atoms with Crippen molar-refractivity contribution in [3.8, 4) is 0 Å². The van der Waals surface area contributed by atoms with Crippen LogP contribution in [0.25, 0.3) is 0 Å². The van der Waals surface area contributed by atoms with Crippen molar-refractivity contribution >= 4 is 52.7 Å². The topological polar surface area (TPSA) is 108 Å². The molecular formula is C11H14N4O3S3. The third-order valence-electron chi connectivity index (χ3n) is 3.41. The molecule has 3 aliphatic rings. The van der Waals surface area contributed by atoms with Gasteiger partial charge in [-0.2, -0.15) is 5.10 Å². The molecule has 3 aliphatic heterocycles. The summed E-state index contributed by atoms with van der Waals surface area (Å²) in [5, 5.41) is 13.2. The summed E-state index contributed by atoms with van der Waals surface area (Å²) in [5.41, 5.74) is 11.3. The number of thioether (sulfide) groups is 3. The number of carbonyl (C=O) groups excluding carboxylic acids is 1. The third kappa shape index (κ3) is 2.54. The van der Waals surface area contributed by atoms with Crippen molar-refractivity contribution in [2.45, 2.75) is 22.5 Å². The summed E-state index contributed by atoms with van der Waals surface area (Å²) < 4.78 is -0.298. The molecule has 3 rings (SSSR count). The molecule has 2 unspecified atom stereocenters. The first kappa shape index (κ1) is 15.1. The molecule has 0 aromatic carbocycles. The first-order valence-corrected chi connectivity index (χ1v) is 9.10. The number of fused-ring (bicyclic) bond motifs is 1. The number of hydrogen-bond donors (Lipinski definition) is 3. The van der Waals surface area contributed by atoms with Crippen molar-refractivity contribution in [2.75, 3.05) is 11.5 Å². The Balaban J connectivity index is 1.78. The number of hydrogen-bond acceptors (Lipinski definition) is 8. The number of nitrogens with zero attached hydrogens (tertiary/aromatic N) is 2. The molecule has 21 heavy (non-hydrogen) atoms. The molecule has 10 heteroatoms. The van der Waals surface area contributed by atoms with E-state index in [1.807, 2.05) is 6.92 Å². The Hall–Kier alpha value is -0.840. The molecule has 1 amide bonds. The average molecular weight is 346 g/mol. The molecule has 4 N–H and O–H groups in total. The Morgan fingerprint density at radius 1 is 1.76 bits per heavy atom. The summed E-state index contributed by atoms with van der Waals surface area (Å²) in [6.07, 6.45) is 0. The summed E-state index contributed by atoms with van der Waals surface area (Å²) in [6.45, 7) is 1.99. The fourth-order valence-corrected chi connectivity index (χ4v) is 5.50. The lowest BCUT2D eigenvalue weighted by Gasteiger charge is -2.48. The Bertz CT molecular complexity index is 557. The molecule has 0 aromatic rings. The van der Waals surface area contributed by atoms with Crippen LogP contribution in [0.1, 0.15) is 6.92 Å². The largest absolute Gasteiger partial charge is 0.477 e. The lowest BCUT2D eigenvalue weighted by atomic mass is 10.0. The molecule has 114 valence electrons. The van der Waals surface area contributed by atoms with Crippen molar-refractivity contribution in [3.63, 3.8) is 0 Å². The van der Waals surface area contributed by atoms with Gasteiger partial charge in [-0.05, 0) is 12.5 Å². The molecule has 1 saturated heterocycles. The molecule has 7 nitrogen and oxygen atoms in total. The first-order chi connectivity index (χ1) is 9.93. The number of β-lactam (4-membered cyclic amide) rings is 1. The van der Waals surface area contributed by atoms with Crippen LogP contribution < -0.4 is 11.2 Å². The summed E-state index contributed by atoms with van der Waals surface area (Å²) in [7, 11) is 0. The van der Waals surface area contributed by atoms with Gasteiger partial charge in [-0.3, -0.25) is 15.1 Å². The van der Waals surface area contributed by atoms with E-state index >= 15 is 0 Å². The van der Waals surface area contributed by atoms with Gasteiger partial charge in [0.05, 0.1) is 5.55 Å². The number of hydrazone groups is 1. The van der Waals surface area contributed by atoms with E-state index in [2.05, 4.69) is 10.5 Å². The normalized spacial score (nSPS) is 34.6. The number of nitrogens with two attached hydrogens (primary N) is 1.